The van der Waals surface area contributed by atoms with Gasteiger partial charge in [0.2, 0.25) is 5.13 Å². The Morgan fingerprint density at radius 3 is 2.87 bits per heavy atom. The summed E-state index contributed by atoms with van der Waals surface area (Å²) in [6, 6.07) is 7.74. The predicted octanol–water partition coefficient (Wildman–Crippen LogP) is 4.04. The van der Waals surface area contributed by atoms with Gasteiger partial charge in [0.25, 0.3) is 0 Å². The summed E-state index contributed by atoms with van der Waals surface area (Å²) in [4.78, 5) is 16.4. The van der Waals surface area contributed by atoms with Crippen molar-refractivity contribution in [3.63, 3.8) is 0 Å². The van der Waals surface area contributed by atoms with Crippen molar-refractivity contribution in [2.24, 2.45) is 0 Å². The zero-order valence-electron chi connectivity index (χ0n) is 13.6. The number of hydrogen-bond acceptors (Lipinski definition) is 6. The molecule has 2 aromatic rings. The minimum Gasteiger partial charge on any atom is -0.460 e. The third-order valence-electron chi connectivity index (χ3n) is 3.33. The zero-order chi connectivity index (χ0) is 16.4. The van der Waals surface area contributed by atoms with Gasteiger partial charge in [0.15, 0.2) is 0 Å². The van der Waals surface area contributed by atoms with Gasteiger partial charge in [-0.2, -0.15) is 4.37 Å². The lowest BCUT2D eigenvalue weighted by Gasteiger charge is -2.19. The van der Waals surface area contributed by atoms with Crippen LogP contribution in [0.2, 0.25) is 0 Å². The maximum absolute atomic E-state index is 11.9. The highest BCUT2D eigenvalue weighted by molar-refractivity contribution is 7.09. The van der Waals surface area contributed by atoms with E-state index in [1.807, 2.05) is 45.0 Å². The van der Waals surface area contributed by atoms with E-state index in [4.69, 9.17) is 4.74 Å². The molecule has 0 spiro atoms. The molecule has 0 unspecified atom stereocenters. The monoisotopic (exact) mass is 331 g/mol. The van der Waals surface area contributed by atoms with Crippen LogP contribution < -0.4 is 5.32 Å². The number of ether oxygens (including phenoxy) is 1. The molecule has 0 aliphatic heterocycles. The Kier molecular flexibility index (Phi) is 4.35. The molecule has 23 heavy (non-hydrogen) atoms. The highest BCUT2D eigenvalue weighted by Gasteiger charge is 2.27. The van der Waals surface area contributed by atoms with E-state index >= 15 is 0 Å². The fraction of sp³-hybridized carbons (Fsp3) is 0.471. The Labute approximate surface area is 140 Å². The summed E-state index contributed by atoms with van der Waals surface area (Å²) in [5, 5.41) is 4.05. The second-order valence-electron chi connectivity index (χ2n) is 6.82. The van der Waals surface area contributed by atoms with Crippen molar-refractivity contribution in [1.29, 1.82) is 0 Å². The van der Waals surface area contributed by atoms with E-state index in [-0.39, 0.29) is 12.4 Å². The van der Waals surface area contributed by atoms with E-state index in [0.29, 0.717) is 5.92 Å². The van der Waals surface area contributed by atoms with E-state index < -0.39 is 5.60 Å². The lowest BCUT2D eigenvalue weighted by atomic mass is 10.1. The number of nitrogens with one attached hydrogen (secondary N) is 1. The normalized spacial score (nSPS) is 14.6. The molecule has 1 aliphatic carbocycles. The van der Waals surface area contributed by atoms with Crippen LogP contribution in [0, 0.1) is 0 Å². The molecule has 6 heteroatoms. The maximum atomic E-state index is 11.9. The smallest absolute Gasteiger partial charge is 0.310 e. The van der Waals surface area contributed by atoms with Gasteiger partial charge >= 0.3 is 5.97 Å². The van der Waals surface area contributed by atoms with Crippen molar-refractivity contribution in [2.75, 3.05) is 5.32 Å². The molecular weight excluding hydrogens is 310 g/mol. The van der Waals surface area contributed by atoms with E-state index in [9.17, 15) is 4.79 Å². The van der Waals surface area contributed by atoms with Gasteiger partial charge in [-0.05, 0) is 51.3 Å². The molecule has 0 amide bonds. The van der Waals surface area contributed by atoms with Crippen LogP contribution in [-0.4, -0.2) is 20.9 Å². The van der Waals surface area contributed by atoms with E-state index in [0.717, 1.165) is 22.2 Å². The molecule has 0 saturated heterocycles. The highest BCUT2D eigenvalue weighted by Crippen LogP contribution is 2.39. The molecule has 1 aromatic carbocycles. The zero-order valence-corrected chi connectivity index (χ0v) is 14.4. The first kappa shape index (κ1) is 15.9. The van der Waals surface area contributed by atoms with Crippen LogP contribution in [0.3, 0.4) is 0 Å². The summed E-state index contributed by atoms with van der Waals surface area (Å²) in [6.45, 7) is 5.61. The summed E-state index contributed by atoms with van der Waals surface area (Å²) >= 11 is 1.38. The Morgan fingerprint density at radius 1 is 1.39 bits per heavy atom. The van der Waals surface area contributed by atoms with Crippen LogP contribution in [0.25, 0.3) is 0 Å². The topological polar surface area (TPSA) is 64.1 Å². The quantitative estimate of drug-likeness (QED) is 0.838. The highest BCUT2D eigenvalue weighted by atomic mass is 32.1. The number of rotatable bonds is 5. The largest absolute Gasteiger partial charge is 0.460 e. The summed E-state index contributed by atoms with van der Waals surface area (Å²) < 4.78 is 9.74. The molecule has 1 aliphatic rings. The van der Waals surface area contributed by atoms with Crippen molar-refractivity contribution < 1.29 is 9.53 Å². The number of nitrogens with zero attached hydrogens (tertiary/aromatic N) is 2. The molecule has 0 atom stereocenters. The molecule has 5 nitrogen and oxygen atoms in total. The standard InChI is InChI=1S/C17H21N3O2S/c1-17(2,3)22-14(21)10-11-5-4-6-13(9-11)18-16-19-15(20-23-16)12-7-8-12/h4-6,9,12H,7-8,10H2,1-3H3,(H,18,19,20). The molecule has 0 radical (unpaired) electrons. The third-order valence-corrected chi connectivity index (χ3v) is 3.98. The predicted molar refractivity (Wildman–Crippen MR) is 91.2 cm³/mol. The SMILES string of the molecule is CC(C)(C)OC(=O)Cc1cccc(Nc2nc(C3CC3)ns2)c1. The summed E-state index contributed by atoms with van der Waals surface area (Å²) in [6.07, 6.45) is 2.65. The first-order valence-electron chi connectivity index (χ1n) is 7.80. The third kappa shape index (κ3) is 4.76. The molecular formula is C17H21N3O2S. The van der Waals surface area contributed by atoms with Crippen LogP contribution >= 0.6 is 11.5 Å². The Hall–Kier alpha value is -1.95. The number of aromatic nitrogens is 2. The molecule has 122 valence electrons. The van der Waals surface area contributed by atoms with Crippen molar-refractivity contribution in [3.05, 3.63) is 35.7 Å². The average molecular weight is 331 g/mol. The van der Waals surface area contributed by atoms with Crippen LogP contribution in [0.1, 0.15) is 50.9 Å². The fourth-order valence-electron chi connectivity index (χ4n) is 2.22. The summed E-state index contributed by atoms with van der Waals surface area (Å²) in [7, 11) is 0. The minimum absolute atomic E-state index is 0.221. The van der Waals surface area contributed by atoms with Crippen molar-refractivity contribution in [3.8, 4) is 0 Å². The Morgan fingerprint density at radius 2 is 2.17 bits per heavy atom. The number of benzene rings is 1. The van der Waals surface area contributed by atoms with Crippen molar-refractivity contribution >= 4 is 28.3 Å². The second-order valence-corrected chi connectivity index (χ2v) is 7.57. The molecule has 0 bridgehead atoms. The van der Waals surface area contributed by atoms with Gasteiger partial charge in [-0.3, -0.25) is 4.79 Å². The number of hydrogen-bond donors (Lipinski definition) is 1. The Balaban J connectivity index is 1.63. The van der Waals surface area contributed by atoms with Crippen LogP contribution in [0.5, 0.6) is 0 Å². The Bertz CT molecular complexity index is 702. The van der Waals surface area contributed by atoms with Crippen molar-refractivity contribution in [2.45, 2.75) is 51.6 Å². The number of carbonyl (C=O) groups is 1. The first-order chi connectivity index (χ1) is 10.9. The second kappa shape index (κ2) is 6.28. The molecule has 3 rings (SSSR count). The van der Waals surface area contributed by atoms with E-state index in [1.165, 1.54) is 24.4 Å². The van der Waals surface area contributed by atoms with Gasteiger partial charge in [0.05, 0.1) is 6.42 Å². The fourth-order valence-corrected chi connectivity index (χ4v) is 2.89. The van der Waals surface area contributed by atoms with E-state index in [1.54, 1.807) is 0 Å². The number of anilines is 2. The van der Waals surface area contributed by atoms with Gasteiger partial charge in [-0.1, -0.05) is 12.1 Å². The van der Waals surface area contributed by atoms with Gasteiger partial charge in [-0.25, -0.2) is 4.98 Å². The summed E-state index contributed by atoms with van der Waals surface area (Å²) in [5.74, 6) is 1.28. The lowest BCUT2D eigenvalue weighted by molar-refractivity contribution is -0.153. The van der Waals surface area contributed by atoms with Gasteiger partial charge < -0.3 is 10.1 Å². The van der Waals surface area contributed by atoms with Gasteiger partial charge in [0.1, 0.15) is 11.4 Å². The summed E-state index contributed by atoms with van der Waals surface area (Å²) in [5.41, 5.74) is 1.36. The van der Waals surface area contributed by atoms with E-state index in [2.05, 4.69) is 14.7 Å². The number of carbonyl (C=O) groups excluding carboxylic acids is 1. The maximum Gasteiger partial charge on any atom is 0.310 e. The van der Waals surface area contributed by atoms with Gasteiger partial charge in [-0.15, -0.1) is 0 Å². The number of esters is 1. The average Bonchev–Trinajstić information content (AvgIpc) is 3.18. The molecule has 1 fully saturated rings. The molecule has 1 saturated carbocycles. The van der Waals surface area contributed by atoms with Crippen molar-refractivity contribution in [1.82, 2.24) is 9.36 Å². The molecule has 1 aromatic heterocycles. The molecule has 1 N–H and O–H groups in total. The molecule has 1 heterocycles. The van der Waals surface area contributed by atoms with Gasteiger partial charge in [0, 0.05) is 23.1 Å². The van der Waals surface area contributed by atoms with Crippen LogP contribution in [0.4, 0.5) is 10.8 Å². The first-order valence-corrected chi connectivity index (χ1v) is 8.58. The van der Waals surface area contributed by atoms with Crippen LogP contribution in [0.15, 0.2) is 24.3 Å². The van der Waals surface area contributed by atoms with Crippen LogP contribution in [-0.2, 0) is 16.0 Å². The minimum atomic E-state index is -0.460. The lowest BCUT2D eigenvalue weighted by Crippen LogP contribution is -2.24.